The number of hydrogen-bond acceptors (Lipinski definition) is 5. The van der Waals surface area contributed by atoms with Crippen LogP contribution < -0.4 is 10.1 Å². The molecule has 1 heterocycles. The zero-order valence-corrected chi connectivity index (χ0v) is 11.5. The van der Waals surface area contributed by atoms with Crippen molar-refractivity contribution in [3.63, 3.8) is 0 Å². The van der Waals surface area contributed by atoms with Crippen molar-refractivity contribution in [3.05, 3.63) is 29.8 Å². The van der Waals surface area contributed by atoms with E-state index in [4.69, 9.17) is 9.47 Å². The zero-order chi connectivity index (χ0) is 13.8. The molecular weight excluding hydrogens is 266 g/mol. The molecule has 2 amide bonds. The van der Waals surface area contributed by atoms with Crippen molar-refractivity contribution in [1.82, 2.24) is 5.32 Å². The number of nitrogens with one attached hydrogen (secondary N) is 1. The minimum Gasteiger partial charge on any atom is -0.465 e. The van der Waals surface area contributed by atoms with E-state index in [9.17, 15) is 9.59 Å². The number of thioether (sulfide) groups is 1. The monoisotopic (exact) mass is 281 g/mol. The second-order valence-corrected chi connectivity index (χ2v) is 5.33. The van der Waals surface area contributed by atoms with E-state index in [-0.39, 0.29) is 22.7 Å². The van der Waals surface area contributed by atoms with Gasteiger partial charge in [0.2, 0.25) is 5.91 Å². The van der Waals surface area contributed by atoms with Gasteiger partial charge in [-0.25, -0.2) is 0 Å². The Kier molecular flexibility index (Phi) is 4.44. The van der Waals surface area contributed by atoms with Gasteiger partial charge in [0, 0.05) is 7.11 Å². The van der Waals surface area contributed by atoms with Gasteiger partial charge < -0.3 is 9.47 Å². The maximum absolute atomic E-state index is 11.4. The number of carbonyl (C=O) groups excluding carboxylic acids is 2. The number of imide groups is 1. The second-order valence-electron chi connectivity index (χ2n) is 4.15. The molecule has 0 radical (unpaired) electrons. The molecular formula is C13H15NO4S. The van der Waals surface area contributed by atoms with Crippen molar-refractivity contribution in [2.45, 2.75) is 24.9 Å². The maximum Gasteiger partial charge on any atom is 0.286 e. The van der Waals surface area contributed by atoms with Gasteiger partial charge in [0.05, 0.1) is 5.25 Å². The smallest absolute Gasteiger partial charge is 0.286 e. The van der Waals surface area contributed by atoms with Crippen molar-refractivity contribution in [2.24, 2.45) is 0 Å². The molecule has 1 saturated heterocycles. The minimum atomic E-state index is -0.336. The van der Waals surface area contributed by atoms with Crippen LogP contribution in [0.5, 0.6) is 5.75 Å². The van der Waals surface area contributed by atoms with Crippen molar-refractivity contribution >= 4 is 22.9 Å². The lowest BCUT2D eigenvalue weighted by atomic mass is 10.1. The Balaban J connectivity index is 1.95. The molecule has 0 bridgehead atoms. The van der Waals surface area contributed by atoms with E-state index >= 15 is 0 Å². The van der Waals surface area contributed by atoms with Crippen LogP contribution in [0.25, 0.3) is 0 Å². The number of benzene rings is 1. The standard InChI is InChI=1S/C13H15NO4S/c1-8(17-2)18-10-5-3-9(4-6-10)7-11-12(15)14-13(16)19-11/h3-6,8,11H,7H2,1-2H3,(H,14,15,16). The first-order valence-corrected chi connectivity index (χ1v) is 6.76. The molecule has 0 aromatic heterocycles. The van der Waals surface area contributed by atoms with Crippen LogP contribution in [0.15, 0.2) is 24.3 Å². The van der Waals surface area contributed by atoms with Gasteiger partial charge in [-0.2, -0.15) is 0 Å². The van der Waals surface area contributed by atoms with Crippen molar-refractivity contribution in [1.29, 1.82) is 0 Å². The predicted octanol–water partition coefficient (Wildman–Crippen LogP) is 1.95. The lowest BCUT2D eigenvalue weighted by Gasteiger charge is -2.13. The molecule has 2 unspecified atom stereocenters. The summed E-state index contributed by atoms with van der Waals surface area (Å²) >= 11 is 1.04. The van der Waals surface area contributed by atoms with Gasteiger partial charge in [-0.15, -0.1) is 0 Å². The summed E-state index contributed by atoms with van der Waals surface area (Å²) in [6, 6.07) is 7.41. The molecule has 5 nitrogen and oxygen atoms in total. The molecule has 2 rings (SSSR count). The highest BCUT2D eigenvalue weighted by molar-refractivity contribution is 8.15. The SMILES string of the molecule is COC(C)Oc1ccc(CC2SC(=O)NC2=O)cc1. The summed E-state index contributed by atoms with van der Waals surface area (Å²) in [5.41, 5.74) is 0.986. The summed E-state index contributed by atoms with van der Waals surface area (Å²) in [7, 11) is 1.58. The molecule has 6 heteroatoms. The Bertz CT molecular complexity index is 474. The second kappa shape index (κ2) is 6.08. The number of carbonyl (C=O) groups is 2. The molecule has 1 aromatic rings. The molecule has 1 aromatic carbocycles. The highest BCUT2D eigenvalue weighted by Crippen LogP contribution is 2.24. The maximum atomic E-state index is 11.4. The molecule has 0 aliphatic carbocycles. The van der Waals surface area contributed by atoms with Crippen LogP contribution >= 0.6 is 11.8 Å². The Labute approximate surface area is 115 Å². The molecule has 102 valence electrons. The lowest BCUT2D eigenvalue weighted by molar-refractivity contribution is -0.118. The van der Waals surface area contributed by atoms with Crippen LogP contribution in [0.4, 0.5) is 4.79 Å². The fourth-order valence-corrected chi connectivity index (χ4v) is 2.55. The summed E-state index contributed by atoms with van der Waals surface area (Å²) < 4.78 is 10.5. The van der Waals surface area contributed by atoms with Gasteiger partial charge in [-0.1, -0.05) is 23.9 Å². The molecule has 1 N–H and O–H groups in total. The van der Waals surface area contributed by atoms with Crippen LogP contribution in [-0.4, -0.2) is 29.8 Å². The van der Waals surface area contributed by atoms with Gasteiger partial charge in [-0.05, 0) is 31.0 Å². The van der Waals surface area contributed by atoms with Crippen molar-refractivity contribution in [2.75, 3.05) is 7.11 Å². The number of methoxy groups -OCH3 is 1. The van der Waals surface area contributed by atoms with Crippen molar-refractivity contribution in [3.8, 4) is 5.75 Å². The quantitative estimate of drug-likeness (QED) is 0.836. The summed E-state index contributed by atoms with van der Waals surface area (Å²) in [6.45, 7) is 1.80. The lowest BCUT2D eigenvalue weighted by Crippen LogP contribution is -2.25. The Morgan fingerprint density at radius 3 is 2.53 bits per heavy atom. The number of hydrogen-bond donors (Lipinski definition) is 1. The highest BCUT2D eigenvalue weighted by Gasteiger charge is 2.31. The number of rotatable bonds is 5. The van der Waals surface area contributed by atoms with E-state index in [0.29, 0.717) is 12.2 Å². The fourth-order valence-electron chi connectivity index (χ4n) is 1.69. The molecule has 2 atom stereocenters. The normalized spacial score (nSPS) is 20.2. The highest BCUT2D eigenvalue weighted by atomic mass is 32.2. The molecule has 19 heavy (non-hydrogen) atoms. The van der Waals surface area contributed by atoms with Crippen LogP contribution in [0.1, 0.15) is 12.5 Å². The zero-order valence-electron chi connectivity index (χ0n) is 10.7. The summed E-state index contributed by atoms with van der Waals surface area (Å²) in [4.78, 5) is 22.5. The van der Waals surface area contributed by atoms with E-state index < -0.39 is 0 Å². The largest absolute Gasteiger partial charge is 0.465 e. The van der Waals surface area contributed by atoms with Crippen LogP contribution in [-0.2, 0) is 16.0 Å². The van der Waals surface area contributed by atoms with E-state index in [1.54, 1.807) is 14.0 Å². The van der Waals surface area contributed by atoms with Gasteiger partial charge >= 0.3 is 0 Å². The van der Waals surface area contributed by atoms with E-state index in [1.807, 2.05) is 24.3 Å². The minimum absolute atomic E-state index is 0.219. The number of ether oxygens (including phenoxy) is 2. The van der Waals surface area contributed by atoms with Gasteiger partial charge in [-0.3, -0.25) is 14.9 Å². The van der Waals surface area contributed by atoms with Crippen LogP contribution in [0.3, 0.4) is 0 Å². The topological polar surface area (TPSA) is 64.6 Å². The van der Waals surface area contributed by atoms with Crippen molar-refractivity contribution < 1.29 is 19.1 Å². The van der Waals surface area contributed by atoms with Gasteiger partial charge in [0.15, 0.2) is 6.29 Å². The Morgan fingerprint density at radius 2 is 2.00 bits per heavy atom. The molecule has 0 spiro atoms. The van der Waals surface area contributed by atoms with E-state index in [1.165, 1.54) is 0 Å². The van der Waals surface area contributed by atoms with E-state index in [0.717, 1.165) is 17.3 Å². The summed E-state index contributed by atoms with van der Waals surface area (Å²) in [6.07, 6.45) is 0.224. The third kappa shape index (κ3) is 3.71. The molecule has 0 saturated carbocycles. The Hall–Kier alpha value is -1.53. The van der Waals surface area contributed by atoms with Gasteiger partial charge in [0.25, 0.3) is 5.24 Å². The van der Waals surface area contributed by atoms with Gasteiger partial charge in [0.1, 0.15) is 5.75 Å². The van der Waals surface area contributed by atoms with Crippen LogP contribution in [0.2, 0.25) is 0 Å². The predicted molar refractivity (Wildman–Crippen MR) is 72.2 cm³/mol. The third-order valence-corrected chi connectivity index (χ3v) is 3.73. The molecule has 1 aliphatic heterocycles. The van der Waals surface area contributed by atoms with E-state index in [2.05, 4.69) is 5.32 Å². The Morgan fingerprint density at radius 1 is 1.32 bits per heavy atom. The first-order chi connectivity index (χ1) is 9.08. The molecule has 1 fully saturated rings. The third-order valence-electron chi connectivity index (χ3n) is 2.75. The first-order valence-electron chi connectivity index (χ1n) is 5.88. The number of amides is 2. The average molecular weight is 281 g/mol. The summed E-state index contributed by atoms with van der Waals surface area (Å²) in [5.74, 6) is 0.487. The first kappa shape index (κ1) is 13.9. The van der Waals surface area contributed by atoms with Crippen LogP contribution in [0, 0.1) is 0 Å². The average Bonchev–Trinajstić information content (AvgIpc) is 2.70. The fraction of sp³-hybridized carbons (Fsp3) is 0.385. The summed E-state index contributed by atoms with van der Waals surface area (Å²) in [5, 5.41) is 1.67. The molecule has 1 aliphatic rings.